The van der Waals surface area contributed by atoms with Crippen LogP contribution in [0.4, 0.5) is 0 Å². The molecule has 3 atom stereocenters. The molecule has 7 heteroatoms. The maximum Gasteiger partial charge on any atom is 0.257 e. The Bertz CT molecular complexity index is 1380. The third kappa shape index (κ3) is 5.88. The van der Waals surface area contributed by atoms with Gasteiger partial charge >= 0.3 is 0 Å². The fraction of sp³-hybridized carbons (Fsp3) is 0.438. The number of aromatic nitrogens is 2. The van der Waals surface area contributed by atoms with Crippen LogP contribution in [0.2, 0.25) is 0 Å². The minimum Gasteiger partial charge on any atom is -0.332 e. The van der Waals surface area contributed by atoms with Crippen molar-refractivity contribution in [2.24, 2.45) is 16.6 Å². The molecule has 0 aliphatic carbocycles. The predicted molar refractivity (Wildman–Crippen MR) is 156 cm³/mol. The van der Waals surface area contributed by atoms with Gasteiger partial charge in [-0.1, -0.05) is 55.0 Å². The van der Waals surface area contributed by atoms with Crippen molar-refractivity contribution in [1.29, 1.82) is 0 Å². The first-order valence-corrected chi connectivity index (χ1v) is 14.2. The molecule has 0 saturated carbocycles. The quantitative estimate of drug-likeness (QED) is 0.478. The number of benzene rings is 2. The molecule has 2 N–H and O–H groups in total. The summed E-state index contributed by atoms with van der Waals surface area (Å²) < 4.78 is 1.84. The summed E-state index contributed by atoms with van der Waals surface area (Å²) in [4.78, 5) is 39.0. The number of rotatable bonds is 8. The first-order valence-electron chi connectivity index (χ1n) is 14.2. The maximum absolute atomic E-state index is 13.9. The van der Waals surface area contributed by atoms with Gasteiger partial charge in [-0.25, -0.2) is 4.98 Å². The minimum atomic E-state index is 0.0234. The van der Waals surface area contributed by atoms with Crippen molar-refractivity contribution in [3.63, 3.8) is 0 Å². The molecule has 0 spiro atoms. The Balaban J connectivity index is 1.48. The molecule has 2 aromatic carbocycles. The molecule has 5 rings (SSSR count). The first-order chi connectivity index (χ1) is 19.0. The molecule has 2 aliphatic rings. The number of carbonyl (C=O) groups excluding carboxylic acids is 1. The normalized spacial score (nSPS) is 20.6. The van der Waals surface area contributed by atoms with E-state index in [9.17, 15) is 9.59 Å². The van der Waals surface area contributed by atoms with E-state index in [2.05, 4.69) is 16.8 Å². The number of likely N-dealkylation sites (tertiary alicyclic amines) is 1. The molecule has 7 nitrogen and oxygen atoms in total. The highest BCUT2D eigenvalue weighted by molar-refractivity contribution is 5.94. The number of amides is 1. The van der Waals surface area contributed by atoms with Crippen molar-refractivity contribution in [2.45, 2.75) is 71.0 Å². The van der Waals surface area contributed by atoms with Crippen LogP contribution < -0.4 is 11.3 Å². The summed E-state index contributed by atoms with van der Waals surface area (Å²) in [7, 11) is 0. The number of hydrogen-bond donors (Lipinski definition) is 1. The van der Waals surface area contributed by atoms with E-state index in [-0.39, 0.29) is 23.6 Å². The van der Waals surface area contributed by atoms with Gasteiger partial charge in [0.2, 0.25) is 0 Å². The Morgan fingerprint density at radius 3 is 2.56 bits per heavy atom. The maximum atomic E-state index is 13.9. The number of nitrogens with zero attached hydrogens (tertiary/aromatic N) is 4. The SMILES string of the molecule is Cc1ccc(C(=O)N2C(CCN)CCC(C)C2CCc2nc3c(c(=O)n2Cc2ccccc2)CCN=C3)cc1. The summed E-state index contributed by atoms with van der Waals surface area (Å²) in [5.74, 6) is 1.16. The van der Waals surface area contributed by atoms with E-state index in [4.69, 9.17) is 10.7 Å². The third-order valence-corrected chi connectivity index (χ3v) is 8.32. The minimum absolute atomic E-state index is 0.0234. The van der Waals surface area contributed by atoms with Crippen molar-refractivity contribution in [3.8, 4) is 0 Å². The molecule has 1 saturated heterocycles. The molecule has 204 valence electrons. The molecule has 1 fully saturated rings. The summed E-state index contributed by atoms with van der Waals surface area (Å²) in [6, 6.07) is 18.0. The van der Waals surface area contributed by atoms with E-state index in [0.29, 0.717) is 49.7 Å². The predicted octanol–water partition coefficient (Wildman–Crippen LogP) is 4.17. The van der Waals surface area contributed by atoms with E-state index in [0.717, 1.165) is 48.2 Å². The average Bonchev–Trinajstić information content (AvgIpc) is 2.95. The van der Waals surface area contributed by atoms with Crippen LogP contribution in [0.25, 0.3) is 0 Å². The topological polar surface area (TPSA) is 93.6 Å². The van der Waals surface area contributed by atoms with Gasteiger partial charge in [-0.05, 0) is 69.2 Å². The van der Waals surface area contributed by atoms with Crippen LogP contribution in [-0.2, 0) is 19.4 Å². The summed E-state index contributed by atoms with van der Waals surface area (Å²) in [5, 5.41) is 0. The lowest BCUT2D eigenvalue weighted by Crippen LogP contribution is -2.54. The Kier molecular flexibility index (Phi) is 8.36. The summed E-state index contributed by atoms with van der Waals surface area (Å²) in [5.41, 5.74) is 10.4. The lowest BCUT2D eigenvalue weighted by Gasteiger charge is -2.46. The summed E-state index contributed by atoms with van der Waals surface area (Å²) >= 11 is 0. The largest absolute Gasteiger partial charge is 0.332 e. The molecule has 0 radical (unpaired) electrons. The van der Waals surface area contributed by atoms with Crippen LogP contribution in [0.5, 0.6) is 0 Å². The number of aryl methyl sites for hydroxylation is 2. The van der Waals surface area contributed by atoms with Crippen LogP contribution in [0.3, 0.4) is 0 Å². The zero-order valence-corrected chi connectivity index (χ0v) is 23.1. The molecule has 3 aromatic rings. The van der Waals surface area contributed by atoms with Gasteiger partial charge in [0.1, 0.15) is 5.82 Å². The summed E-state index contributed by atoms with van der Waals surface area (Å²) in [6.45, 7) is 5.91. The van der Waals surface area contributed by atoms with E-state index >= 15 is 0 Å². The number of nitrogens with two attached hydrogens (primary N) is 1. The Hall–Kier alpha value is -3.58. The van der Waals surface area contributed by atoms with Gasteiger partial charge < -0.3 is 10.6 Å². The van der Waals surface area contributed by atoms with E-state index in [1.54, 1.807) is 6.21 Å². The average molecular weight is 526 g/mol. The molecule has 1 amide bonds. The molecular weight excluding hydrogens is 486 g/mol. The molecular formula is C32H39N5O2. The number of piperidine rings is 1. The molecule has 2 aliphatic heterocycles. The standard InChI is InChI=1S/C32H39N5O2/c1-22-8-11-25(12-9-22)31(38)37-26(16-18-33)13-10-23(2)29(37)14-15-30-35-28-20-34-19-17-27(28)32(39)36(30)21-24-6-4-3-5-7-24/h3-9,11-12,20,23,26,29H,10,13-19,21,33H2,1-2H3. The molecule has 39 heavy (non-hydrogen) atoms. The fourth-order valence-corrected chi connectivity index (χ4v) is 6.12. The monoisotopic (exact) mass is 525 g/mol. The van der Waals surface area contributed by atoms with Crippen LogP contribution in [0.1, 0.15) is 71.2 Å². The highest BCUT2D eigenvalue weighted by Crippen LogP contribution is 2.33. The zero-order valence-electron chi connectivity index (χ0n) is 23.1. The van der Waals surface area contributed by atoms with Gasteiger partial charge in [0.15, 0.2) is 0 Å². The third-order valence-electron chi connectivity index (χ3n) is 8.32. The Morgan fingerprint density at radius 1 is 1.05 bits per heavy atom. The van der Waals surface area contributed by atoms with Gasteiger partial charge in [-0.3, -0.25) is 19.1 Å². The summed E-state index contributed by atoms with van der Waals surface area (Å²) in [6.07, 6.45) is 6.48. The smallest absolute Gasteiger partial charge is 0.257 e. The molecule has 3 unspecified atom stereocenters. The van der Waals surface area contributed by atoms with E-state index in [1.807, 2.05) is 66.1 Å². The van der Waals surface area contributed by atoms with Crippen molar-refractivity contribution in [3.05, 3.63) is 98.7 Å². The van der Waals surface area contributed by atoms with E-state index < -0.39 is 0 Å². The number of aliphatic imine (C=N–C) groups is 1. The number of hydrogen-bond acceptors (Lipinski definition) is 5. The fourth-order valence-electron chi connectivity index (χ4n) is 6.12. The van der Waals surface area contributed by atoms with Crippen LogP contribution in [0.15, 0.2) is 64.4 Å². The van der Waals surface area contributed by atoms with Crippen molar-refractivity contribution < 1.29 is 4.79 Å². The second kappa shape index (κ2) is 12.1. The van der Waals surface area contributed by atoms with Crippen LogP contribution >= 0.6 is 0 Å². The van der Waals surface area contributed by atoms with Gasteiger partial charge in [-0.15, -0.1) is 0 Å². The molecule has 1 aromatic heterocycles. The Labute approximate surface area is 230 Å². The Morgan fingerprint density at radius 2 is 1.82 bits per heavy atom. The van der Waals surface area contributed by atoms with Crippen LogP contribution in [0, 0.1) is 12.8 Å². The highest BCUT2D eigenvalue weighted by atomic mass is 16.2. The second-order valence-corrected chi connectivity index (χ2v) is 11.0. The van der Waals surface area contributed by atoms with Crippen molar-refractivity contribution in [1.82, 2.24) is 14.5 Å². The molecule has 3 heterocycles. The molecule has 0 bridgehead atoms. The van der Waals surface area contributed by atoms with Crippen molar-refractivity contribution in [2.75, 3.05) is 13.1 Å². The van der Waals surface area contributed by atoms with Crippen LogP contribution in [-0.4, -0.2) is 51.7 Å². The number of carbonyl (C=O) groups is 1. The van der Waals surface area contributed by atoms with Gasteiger partial charge in [0.05, 0.1) is 12.2 Å². The number of fused-ring (bicyclic) bond motifs is 1. The zero-order chi connectivity index (χ0) is 27.4. The lowest BCUT2D eigenvalue weighted by molar-refractivity contribution is 0.0267. The highest BCUT2D eigenvalue weighted by Gasteiger charge is 2.38. The van der Waals surface area contributed by atoms with E-state index in [1.165, 1.54) is 0 Å². The van der Waals surface area contributed by atoms with Crippen molar-refractivity contribution >= 4 is 12.1 Å². The lowest BCUT2D eigenvalue weighted by atomic mass is 9.82. The van der Waals surface area contributed by atoms with Gasteiger partial charge in [-0.2, -0.15) is 0 Å². The second-order valence-electron chi connectivity index (χ2n) is 11.0. The first kappa shape index (κ1) is 27.0. The van der Waals surface area contributed by atoms with Gasteiger partial charge in [0.25, 0.3) is 11.5 Å². The van der Waals surface area contributed by atoms with Gasteiger partial charge in [0, 0.05) is 42.4 Å².